The summed E-state index contributed by atoms with van der Waals surface area (Å²) in [6.45, 7) is 9.88. The van der Waals surface area contributed by atoms with Crippen molar-refractivity contribution in [2.75, 3.05) is 26.2 Å². The summed E-state index contributed by atoms with van der Waals surface area (Å²) in [5, 5.41) is 3.55. The van der Waals surface area contributed by atoms with Gasteiger partial charge in [0.2, 0.25) is 0 Å². The maximum Gasteiger partial charge on any atom is 0.00965 e. The Morgan fingerprint density at radius 1 is 1.24 bits per heavy atom. The third-order valence-electron chi connectivity index (χ3n) is 4.18. The van der Waals surface area contributed by atoms with Gasteiger partial charge in [-0.3, -0.25) is 0 Å². The lowest BCUT2D eigenvalue weighted by molar-refractivity contribution is 0.194. The van der Waals surface area contributed by atoms with Gasteiger partial charge in [0.1, 0.15) is 0 Å². The van der Waals surface area contributed by atoms with Crippen LogP contribution in [0, 0.1) is 11.8 Å². The first kappa shape index (κ1) is 13.4. The molecule has 1 saturated heterocycles. The maximum atomic E-state index is 3.55. The van der Waals surface area contributed by atoms with E-state index < -0.39 is 0 Å². The Morgan fingerprint density at radius 2 is 2.06 bits per heavy atom. The van der Waals surface area contributed by atoms with E-state index in [1.165, 1.54) is 64.7 Å². The van der Waals surface area contributed by atoms with Crippen molar-refractivity contribution < 1.29 is 0 Å². The highest BCUT2D eigenvalue weighted by atomic mass is 15.2. The molecule has 0 aromatic heterocycles. The highest BCUT2D eigenvalue weighted by molar-refractivity contribution is 4.86. The van der Waals surface area contributed by atoms with Crippen LogP contribution in [0.2, 0.25) is 0 Å². The molecule has 1 heterocycles. The molecule has 1 unspecified atom stereocenters. The van der Waals surface area contributed by atoms with E-state index in [0.29, 0.717) is 0 Å². The molecule has 2 aliphatic rings. The average Bonchev–Trinajstić information content (AvgIpc) is 3.12. The highest BCUT2D eigenvalue weighted by Crippen LogP contribution is 2.29. The minimum absolute atomic E-state index is 0.868. The zero-order valence-electron chi connectivity index (χ0n) is 11.8. The molecule has 1 saturated carbocycles. The first-order chi connectivity index (χ1) is 8.25. The van der Waals surface area contributed by atoms with E-state index >= 15 is 0 Å². The van der Waals surface area contributed by atoms with Gasteiger partial charge in [-0.2, -0.15) is 0 Å². The van der Waals surface area contributed by atoms with E-state index in [4.69, 9.17) is 0 Å². The lowest BCUT2D eigenvalue weighted by atomic mass is 9.98. The highest BCUT2D eigenvalue weighted by Gasteiger charge is 2.30. The van der Waals surface area contributed by atoms with Crippen LogP contribution in [0.4, 0.5) is 0 Å². The third kappa shape index (κ3) is 4.97. The molecule has 0 spiro atoms. The first-order valence-electron chi connectivity index (χ1n) is 7.70. The minimum Gasteiger partial charge on any atom is -0.316 e. The summed E-state index contributed by atoms with van der Waals surface area (Å²) in [7, 11) is 0. The van der Waals surface area contributed by atoms with Gasteiger partial charge in [-0.25, -0.2) is 0 Å². The molecule has 2 fully saturated rings. The number of hydrogen-bond donors (Lipinski definition) is 1. The second-order valence-electron chi connectivity index (χ2n) is 6.47. The van der Waals surface area contributed by atoms with Crippen LogP contribution in [0.1, 0.15) is 52.4 Å². The van der Waals surface area contributed by atoms with Crippen LogP contribution in [0.25, 0.3) is 0 Å². The molecule has 1 aliphatic heterocycles. The van der Waals surface area contributed by atoms with Gasteiger partial charge in [0.25, 0.3) is 0 Å². The number of piperidine rings is 1. The topological polar surface area (TPSA) is 15.3 Å². The van der Waals surface area contributed by atoms with Gasteiger partial charge < -0.3 is 10.2 Å². The van der Waals surface area contributed by atoms with Crippen LogP contribution in [0.15, 0.2) is 0 Å². The molecule has 0 amide bonds. The van der Waals surface area contributed by atoms with E-state index in [2.05, 4.69) is 24.1 Å². The van der Waals surface area contributed by atoms with Gasteiger partial charge in [0.15, 0.2) is 0 Å². The monoisotopic (exact) mass is 238 g/mol. The van der Waals surface area contributed by atoms with Gasteiger partial charge >= 0.3 is 0 Å². The second-order valence-corrected chi connectivity index (χ2v) is 6.47. The predicted octanol–water partition coefficient (Wildman–Crippen LogP) is 2.89. The van der Waals surface area contributed by atoms with Crippen LogP contribution < -0.4 is 5.32 Å². The van der Waals surface area contributed by atoms with Crippen molar-refractivity contribution in [3.63, 3.8) is 0 Å². The fraction of sp³-hybridized carbons (Fsp3) is 1.00. The Balaban J connectivity index is 1.68. The van der Waals surface area contributed by atoms with Crippen LogP contribution in [-0.2, 0) is 0 Å². The van der Waals surface area contributed by atoms with E-state index in [9.17, 15) is 0 Å². The molecule has 1 N–H and O–H groups in total. The van der Waals surface area contributed by atoms with Crippen LogP contribution >= 0.6 is 0 Å². The summed E-state index contributed by atoms with van der Waals surface area (Å²) in [4.78, 5) is 2.79. The normalized spacial score (nSPS) is 25.8. The molecule has 0 radical (unpaired) electrons. The molecular formula is C15H30N2. The Morgan fingerprint density at radius 3 is 2.65 bits per heavy atom. The van der Waals surface area contributed by atoms with Gasteiger partial charge in [-0.05, 0) is 70.0 Å². The molecule has 1 aliphatic carbocycles. The van der Waals surface area contributed by atoms with E-state index in [1.54, 1.807) is 0 Å². The second kappa shape index (κ2) is 6.75. The SMILES string of the molecule is CC(C)CCCN(CC1CCCNC1)C1CC1. The first-order valence-corrected chi connectivity index (χ1v) is 7.70. The number of rotatable bonds is 7. The van der Waals surface area contributed by atoms with Gasteiger partial charge in [0, 0.05) is 12.6 Å². The van der Waals surface area contributed by atoms with Crippen molar-refractivity contribution in [1.82, 2.24) is 10.2 Å². The Labute approximate surface area is 107 Å². The predicted molar refractivity (Wildman–Crippen MR) is 74.3 cm³/mol. The molecule has 17 heavy (non-hydrogen) atoms. The molecule has 2 rings (SSSR count). The Kier molecular flexibility index (Phi) is 5.30. The average molecular weight is 238 g/mol. The van der Waals surface area contributed by atoms with Crippen molar-refractivity contribution in [1.29, 1.82) is 0 Å². The smallest absolute Gasteiger partial charge is 0.00965 e. The van der Waals surface area contributed by atoms with Crippen molar-refractivity contribution in [3.05, 3.63) is 0 Å². The number of hydrogen-bond acceptors (Lipinski definition) is 2. The number of nitrogens with one attached hydrogen (secondary N) is 1. The van der Waals surface area contributed by atoms with Crippen molar-refractivity contribution >= 4 is 0 Å². The van der Waals surface area contributed by atoms with Gasteiger partial charge in [-0.15, -0.1) is 0 Å². The quantitative estimate of drug-likeness (QED) is 0.733. The van der Waals surface area contributed by atoms with Gasteiger partial charge in [0.05, 0.1) is 0 Å². The summed E-state index contributed by atoms with van der Waals surface area (Å²) in [5.41, 5.74) is 0. The summed E-state index contributed by atoms with van der Waals surface area (Å²) in [6, 6.07) is 0.948. The lowest BCUT2D eigenvalue weighted by Gasteiger charge is -2.30. The summed E-state index contributed by atoms with van der Waals surface area (Å²) in [6.07, 6.45) is 8.54. The zero-order valence-corrected chi connectivity index (χ0v) is 11.8. The van der Waals surface area contributed by atoms with Crippen LogP contribution in [0.3, 0.4) is 0 Å². The largest absolute Gasteiger partial charge is 0.316 e. The van der Waals surface area contributed by atoms with Crippen molar-refractivity contribution in [3.8, 4) is 0 Å². The number of nitrogens with zero attached hydrogens (tertiary/aromatic N) is 1. The van der Waals surface area contributed by atoms with Gasteiger partial charge in [-0.1, -0.05) is 13.8 Å². The van der Waals surface area contributed by atoms with Crippen molar-refractivity contribution in [2.24, 2.45) is 11.8 Å². The van der Waals surface area contributed by atoms with E-state index in [-0.39, 0.29) is 0 Å². The molecule has 0 bridgehead atoms. The molecule has 100 valence electrons. The molecule has 1 atom stereocenters. The Hall–Kier alpha value is -0.0800. The fourth-order valence-electron chi connectivity index (χ4n) is 2.98. The maximum absolute atomic E-state index is 3.55. The fourth-order valence-corrected chi connectivity index (χ4v) is 2.98. The molecule has 2 heteroatoms. The van der Waals surface area contributed by atoms with E-state index in [1.807, 2.05) is 0 Å². The summed E-state index contributed by atoms with van der Waals surface area (Å²) in [5.74, 6) is 1.79. The lowest BCUT2D eigenvalue weighted by Crippen LogP contribution is -2.39. The molecule has 0 aromatic rings. The van der Waals surface area contributed by atoms with E-state index in [0.717, 1.165) is 17.9 Å². The standard InChI is InChI=1S/C15H30N2/c1-13(2)5-4-10-17(15-7-8-15)12-14-6-3-9-16-11-14/h13-16H,3-12H2,1-2H3. The minimum atomic E-state index is 0.868. The Bertz CT molecular complexity index is 205. The summed E-state index contributed by atoms with van der Waals surface area (Å²) >= 11 is 0. The molecule has 2 nitrogen and oxygen atoms in total. The summed E-state index contributed by atoms with van der Waals surface area (Å²) < 4.78 is 0. The van der Waals surface area contributed by atoms with Crippen LogP contribution in [0.5, 0.6) is 0 Å². The molecule has 0 aromatic carbocycles. The third-order valence-corrected chi connectivity index (χ3v) is 4.18. The van der Waals surface area contributed by atoms with Crippen molar-refractivity contribution in [2.45, 2.75) is 58.4 Å². The zero-order chi connectivity index (χ0) is 12.1. The van der Waals surface area contributed by atoms with Crippen LogP contribution in [-0.4, -0.2) is 37.1 Å². The molecular weight excluding hydrogens is 208 g/mol.